The number of esters is 1. The van der Waals surface area contributed by atoms with Gasteiger partial charge in [0.2, 0.25) is 0 Å². The van der Waals surface area contributed by atoms with Crippen molar-refractivity contribution in [1.82, 2.24) is 4.90 Å². The first-order chi connectivity index (χ1) is 7.13. The highest BCUT2D eigenvalue weighted by Gasteiger charge is 2.14. The molecule has 0 aliphatic carbocycles. The predicted molar refractivity (Wildman–Crippen MR) is 61.9 cm³/mol. The lowest BCUT2D eigenvalue weighted by Gasteiger charge is -2.23. The van der Waals surface area contributed by atoms with Crippen molar-refractivity contribution in [3.8, 4) is 0 Å². The molecule has 1 rings (SSSR count). The Balaban J connectivity index is 2.39. The fourth-order valence-corrected chi connectivity index (χ4v) is 1.97. The summed E-state index contributed by atoms with van der Waals surface area (Å²) in [6, 6.07) is 2.31. The predicted octanol–water partition coefficient (Wildman–Crippen LogP) is 2.13. The fraction of sp³-hybridized carbons (Fsp3) is 0.545. The van der Waals surface area contributed by atoms with Gasteiger partial charge in [-0.15, -0.1) is 0 Å². The summed E-state index contributed by atoms with van der Waals surface area (Å²) in [6.07, 6.45) is 0.442. The molecule has 1 aromatic rings. The number of rotatable bonds is 5. The number of methoxy groups -OCH3 is 1. The normalized spacial score (nSPS) is 12.8. The van der Waals surface area contributed by atoms with Crippen LogP contribution in [0.4, 0.5) is 0 Å². The minimum Gasteiger partial charge on any atom is -0.469 e. The number of hydrogen-bond acceptors (Lipinski definition) is 4. The molecule has 0 N–H and O–H groups in total. The van der Waals surface area contributed by atoms with Gasteiger partial charge in [0.15, 0.2) is 0 Å². The van der Waals surface area contributed by atoms with E-state index in [0.717, 1.165) is 6.54 Å². The molecule has 0 aliphatic rings. The van der Waals surface area contributed by atoms with Gasteiger partial charge in [0.25, 0.3) is 0 Å². The van der Waals surface area contributed by atoms with Crippen LogP contribution in [0.2, 0.25) is 0 Å². The second kappa shape index (κ2) is 5.88. The number of carbonyl (C=O) groups excluding carboxylic acids is 1. The maximum atomic E-state index is 11.1. The van der Waals surface area contributed by atoms with Crippen LogP contribution >= 0.6 is 11.3 Å². The number of ether oxygens (including phenoxy) is 1. The van der Waals surface area contributed by atoms with Crippen LogP contribution in [0.5, 0.6) is 0 Å². The summed E-state index contributed by atoms with van der Waals surface area (Å²) >= 11 is 1.69. The van der Waals surface area contributed by atoms with Gasteiger partial charge in [-0.05, 0) is 36.4 Å². The zero-order valence-corrected chi connectivity index (χ0v) is 10.2. The second-order valence-electron chi connectivity index (χ2n) is 3.68. The molecule has 1 atom stereocenters. The lowest BCUT2D eigenvalue weighted by atomic mass is 10.2. The lowest BCUT2D eigenvalue weighted by molar-refractivity contribution is -0.141. The maximum absolute atomic E-state index is 11.1. The van der Waals surface area contributed by atoms with E-state index in [2.05, 4.69) is 26.5 Å². The summed E-state index contributed by atoms with van der Waals surface area (Å²) < 4.78 is 4.64. The monoisotopic (exact) mass is 227 g/mol. The summed E-state index contributed by atoms with van der Waals surface area (Å²) in [5.41, 5.74) is 1.29. The third kappa shape index (κ3) is 4.01. The molecule has 1 heterocycles. The van der Waals surface area contributed by atoms with Gasteiger partial charge in [0.05, 0.1) is 13.5 Å². The molecule has 0 radical (unpaired) electrons. The van der Waals surface area contributed by atoms with E-state index in [-0.39, 0.29) is 12.0 Å². The van der Waals surface area contributed by atoms with Crippen LogP contribution in [0, 0.1) is 0 Å². The van der Waals surface area contributed by atoms with Crippen molar-refractivity contribution >= 4 is 17.3 Å². The fourth-order valence-electron chi connectivity index (χ4n) is 1.31. The topological polar surface area (TPSA) is 29.5 Å². The third-order valence-electron chi connectivity index (χ3n) is 2.45. The van der Waals surface area contributed by atoms with Gasteiger partial charge in [-0.3, -0.25) is 9.69 Å². The van der Waals surface area contributed by atoms with Crippen LogP contribution in [0.3, 0.4) is 0 Å². The molecule has 1 unspecified atom stereocenters. The van der Waals surface area contributed by atoms with Crippen molar-refractivity contribution < 1.29 is 9.53 Å². The summed E-state index contributed by atoms with van der Waals surface area (Å²) in [5.74, 6) is -0.153. The Morgan fingerprint density at radius 3 is 2.93 bits per heavy atom. The molecule has 0 bridgehead atoms. The van der Waals surface area contributed by atoms with Gasteiger partial charge in [-0.2, -0.15) is 11.3 Å². The summed E-state index contributed by atoms with van der Waals surface area (Å²) in [6.45, 7) is 2.91. The number of carbonyl (C=O) groups is 1. The first-order valence-electron chi connectivity index (χ1n) is 4.91. The highest BCUT2D eigenvalue weighted by Crippen LogP contribution is 2.11. The van der Waals surface area contributed by atoms with Gasteiger partial charge < -0.3 is 4.74 Å². The van der Waals surface area contributed by atoms with Gasteiger partial charge in [0.1, 0.15) is 0 Å². The first kappa shape index (κ1) is 12.2. The highest BCUT2D eigenvalue weighted by atomic mass is 32.1. The van der Waals surface area contributed by atoms with Crippen LogP contribution in [0.1, 0.15) is 18.9 Å². The zero-order valence-electron chi connectivity index (χ0n) is 9.40. The molecular weight excluding hydrogens is 210 g/mol. The third-order valence-corrected chi connectivity index (χ3v) is 3.19. The SMILES string of the molecule is COC(=O)CC(C)N(C)Cc1ccsc1. The minimum absolute atomic E-state index is 0.153. The van der Waals surface area contributed by atoms with Gasteiger partial charge >= 0.3 is 5.97 Å². The Morgan fingerprint density at radius 1 is 1.67 bits per heavy atom. The van der Waals surface area contributed by atoms with Crippen molar-refractivity contribution in [3.05, 3.63) is 22.4 Å². The molecule has 4 heteroatoms. The van der Waals surface area contributed by atoms with E-state index in [9.17, 15) is 4.79 Å². The van der Waals surface area contributed by atoms with Gasteiger partial charge in [-0.25, -0.2) is 0 Å². The Bertz CT molecular complexity index is 298. The quantitative estimate of drug-likeness (QED) is 0.722. The number of nitrogens with zero attached hydrogens (tertiary/aromatic N) is 1. The highest BCUT2D eigenvalue weighted by molar-refractivity contribution is 7.07. The van der Waals surface area contributed by atoms with E-state index >= 15 is 0 Å². The molecule has 0 aliphatic heterocycles. The number of thiophene rings is 1. The second-order valence-corrected chi connectivity index (χ2v) is 4.46. The molecule has 15 heavy (non-hydrogen) atoms. The maximum Gasteiger partial charge on any atom is 0.307 e. The van der Waals surface area contributed by atoms with E-state index < -0.39 is 0 Å². The number of hydrogen-bond donors (Lipinski definition) is 0. The smallest absolute Gasteiger partial charge is 0.307 e. The van der Waals surface area contributed by atoms with E-state index in [4.69, 9.17) is 0 Å². The van der Waals surface area contributed by atoms with E-state index in [1.807, 2.05) is 14.0 Å². The summed E-state index contributed by atoms with van der Waals surface area (Å²) in [7, 11) is 3.44. The first-order valence-corrected chi connectivity index (χ1v) is 5.86. The van der Waals surface area contributed by atoms with Gasteiger partial charge in [0, 0.05) is 12.6 Å². The van der Waals surface area contributed by atoms with E-state index in [1.54, 1.807) is 11.3 Å². The molecule has 0 saturated heterocycles. The molecule has 1 aromatic heterocycles. The molecule has 0 saturated carbocycles. The average molecular weight is 227 g/mol. The Hall–Kier alpha value is -0.870. The largest absolute Gasteiger partial charge is 0.469 e. The summed E-state index contributed by atoms with van der Waals surface area (Å²) in [5, 5.41) is 4.19. The van der Waals surface area contributed by atoms with E-state index in [0.29, 0.717) is 6.42 Å². The standard InChI is InChI=1S/C11H17NO2S/c1-9(6-11(13)14-3)12(2)7-10-4-5-15-8-10/h4-5,8-9H,6-7H2,1-3H3. The Kier molecular flexibility index (Phi) is 4.78. The van der Waals surface area contributed by atoms with Crippen LogP contribution in [0.25, 0.3) is 0 Å². The van der Waals surface area contributed by atoms with Crippen LogP contribution < -0.4 is 0 Å². The Labute approximate surface area is 94.7 Å². The van der Waals surface area contributed by atoms with Crippen molar-refractivity contribution in [3.63, 3.8) is 0 Å². The lowest BCUT2D eigenvalue weighted by Crippen LogP contribution is -2.30. The summed E-state index contributed by atoms with van der Waals surface area (Å²) in [4.78, 5) is 13.2. The van der Waals surface area contributed by atoms with Crippen molar-refractivity contribution in [2.75, 3.05) is 14.2 Å². The molecule has 3 nitrogen and oxygen atoms in total. The van der Waals surface area contributed by atoms with E-state index in [1.165, 1.54) is 12.7 Å². The van der Waals surface area contributed by atoms with Gasteiger partial charge in [-0.1, -0.05) is 0 Å². The van der Waals surface area contributed by atoms with Crippen LogP contribution in [-0.4, -0.2) is 31.1 Å². The molecular formula is C11H17NO2S. The minimum atomic E-state index is -0.153. The Morgan fingerprint density at radius 2 is 2.40 bits per heavy atom. The molecule has 0 amide bonds. The average Bonchev–Trinajstić information content (AvgIpc) is 2.70. The van der Waals surface area contributed by atoms with Crippen molar-refractivity contribution in [2.24, 2.45) is 0 Å². The molecule has 0 spiro atoms. The molecule has 84 valence electrons. The van der Waals surface area contributed by atoms with Crippen LogP contribution in [0.15, 0.2) is 16.8 Å². The van der Waals surface area contributed by atoms with Crippen molar-refractivity contribution in [2.45, 2.75) is 25.9 Å². The zero-order chi connectivity index (χ0) is 11.3. The molecule has 0 fully saturated rings. The van der Waals surface area contributed by atoms with Crippen molar-refractivity contribution in [1.29, 1.82) is 0 Å². The molecule has 0 aromatic carbocycles. The van der Waals surface area contributed by atoms with Crippen LogP contribution in [-0.2, 0) is 16.1 Å².